The van der Waals surface area contributed by atoms with E-state index in [0.717, 1.165) is 0 Å². The highest BCUT2D eigenvalue weighted by molar-refractivity contribution is 7.81. The molecule has 0 saturated heterocycles. The zero-order valence-corrected chi connectivity index (χ0v) is 9.40. The molecule has 0 radical (unpaired) electrons. The molecular formula is C10H18OS. The lowest BCUT2D eigenvalue weighted by atomic mass is 9.85. The molecule has 0 saturated carbocycles. The quantitative estimate of drug-likeness (QED) is 0.489. The lowest BCUT2D eigenvalue weighted by Gasteiger charge is -2.30. The van der Waals surface area contributed by atoms with Gasteiger partial charge in [0.2, 0.25) is 0 Å². The van der Waals surface area contributed by atoms with Gasteiger partial charge in [0.1, 0.15) is 5.44 Å². The molecule has 1 aliphatic heterocycles. The standard InChI is InChI=1S/C10H18OS/c1-6(2)10(5)8(4)7(3)9(12)11-10/h6,9,12H,1-5H3. The van der Waals surface area contributed by atoms with E-state index in [1.807, 2.05) is 0 Å². The molecule has 1 nitrogen and oxygen atoms in total. The molecule has 2 heteroatoms. The van der Waals surface area contributed by atoms with Crippen LogP contribution in [0.1, 0.15) is 34.6 Å². The van der Waals surface area contributed by atoms with Crippen molar-refractivity contribution >= 4 is 12.6 Å². The molecule has 0 aromatic heterocycles. The fraction of sp³-hybridized carbons (Fsp3) is 0.800. The summed E-state index contributed by atoms with van der Waals surface area (Å²) in [7, 11) is 0. The fourth-order valence-electron chi connectivity index (χ4n) is 1.55. The van der Waals surface area contributed by atoms with Gasteiger partial charge in [-0.15, -0.1) is 12.6 Å². The first-order valence-corrected chi connectivity index (χ1v) is 4.95. The van der Waals surface area contributed by atoms with Gasteiger partial charge in [-0.1, -0.05) is 13.8 Å². The van der Waals surface area contributed by atoms with Crippen molar-refractivity contribution in [2.45, 2.75) is 45.7 Å². The average molecular weight is 186 g/mol. The van der Waals surface area contributed by atoms with E-state index in [4.69, 9.17) is 4.74 Å². The molecule has 2 unspecified atom stereocenters. The Bertz CT molecular complexity index is 220. The molecule has 0 fully saturated rings. The summed E-state index contributed by atoms with van der Waals surface area (Å²) < 4.78 is 5.82. The van der Waals surface area contributed by atoms with Crippen LogP contribution >= 0.6 is 12.6 Å². The number of hydrogen-bond donors (Lipinski definition) is 1. The van der Waals surface area contributed by atoms with E-state index in [2.05, 4.69) is 47.2 Å². The molecule has 0 spiro atoms. The molecular weight excluding hydrogens is 168 g/mol. The van der Waals surface area contributed by atoms with Gasteiger partial charge in [-0.3, -0.25) is 0 Å². The van der Waals surface area contributed by atoms with Gasteiger partial charge in [0.25, 0.3) is 0 Å². The summed E-state index contributed by atoms with van der Waals surface area (Å²) in [5.74, 6) is 0.504. The minimum Gasteiger partial charge on any atom is -0.353 e. The first-order valence-electron chi connectivity index (χ1n) is 4.43. The first-order chi connectivity index (χ1) is 5.39. The Hall–Kier alpha value is 0.0500. The molecule has 1 aliphatic rings. The summed E-state index contributed by atoms with van der Waals surface area (Å²) in [6.45, 7) is 10.8. The largest absolute Gasteiger partial charge is 0.353 e. The van der Waals surface area contributed by atoms with Crippen molar-refractivity contribution in [1.82, 2.24) is 0 Å². The van der Waals surface area contributed by atoms with E-state index < -0.39 is 0 Å². The van der Waals surface area contributed by atoms with Crippen molar-refractivity contribution in [2.75, 3.05) is 0 Å². The van der Waals surface area contributed by atoms with Crippen LogP contribution < -0.4 is 0 Å². The van der Waals surface area contributed by atoms with Crippen LogP contribution in [0.2, 0.25) is 0 Å². The Morgan fingerprint density at radius 1 is 1.42 bits per heavy atom. The van der Waals surface area contributed by atoms with Crippen molar-refractivity contribution in [3.8, 4) is 0 Å². The molecule has 1 heterocycles. The third kappa shape index (κ3) is 1.31. The normalized spacial score (nSPS) is 36.8. The Labute approximate surface area is 80.6 Å². The van der Waals surface area contributed by atoms with Gasteiger partial charge in [0.15, 0.2) is 0 Å². The molecule has 2 atom stereocenters. The van der Waals surface area contributed by atoms with E-state index in [0.29, 0.717) is 5.92 Å². The lowest BCUT2D eigenvalue weighted by molar-refractivity contribution is -0.0160. The van der Waals surface area contributed by atoms with Crippen LogP contribution in [-0.2, 0) is 4.74 Å². The third-order valence-electron chi connectivity index (χ3n) is 3.16. The molecule has 0 aromatic rings. The molecule has 0 aliphatic carbocycles. The van der Waals surface area contributed by atoms with E-state index in [-0.39, 0.29) is 11.0 Å². The van der Waals surface area contributed by atoms with Gasteiger partial charge in [-0.25, -0.2) is 0 Å². The van der Waals surface area contributed by atoms with Crippen LogP contribution in [0.25, 0.3) is 0 Å². The lowest BCUT2D eigenvalue weighted by Crippen LogP contribution is -2.33. The Morgan fingerprint density at radius 3 is 2.08 bits per heavy atom. The van der Waals surface area contributed by atoms with E-state index in [9.17, 15) is 0 Å². The summed E-state index contributed by atoms with van der Waals surface area (Å²) in [5, 5.41) is 0. The second-order valence-corrected chi connectivity index (χ2v) is 4.51. The summed E-state index contributed by atoms with van der Waals surface area (Å²) >= 11 is 4.37. The summed E-state index contributed by atoms with van der Waals surface area (Å²) in [6, 6.07) is 0. The predicted octanol–water partition coefficient (Wildman–Crippen LogP) is 3.02. The second kappa shape index (κ2) is 3.08. The molecule has 0 amide bonds. The maximum absolute atomic E-state index is 5.82. The molecule has 0 bridgehead atoms. The van der Waals surface area contributed by atoms with Crippen molar-refractivity contribution in [3.05, 3.63) is 11.1 Å². The van der Waals surface area contributed by atoms with Crippen LogP contribution in [0.5, 0.6) is 0 Å². The maximum Gasteiger partial charge on any atom is 0.122 e. The number of hydrogen-bond acceptors (Lipinski definition) is 2. The van der Waals surface area contributed by atoms with Crippen molar-refractivity contribution < 1.29 is 4.74 Å². The third-order valence-corrected chi connectivity index (χ3v) is 3.66. The molecule has 12 heavy (non-hydrogen) atoms. The Morgan fingerprint density at radius 2 is 1.92 bits per heavy atom. The summed E-state index contributed by atoms with van der Waals surface area (Å²) in [4.78, 5) is 0. The van der Waals surface area contributed by atoms with Crippen molar-refractivity contribution in [1.29, 1.82) is 0 Å². The molecule has 0 aromatic carbocycles. The molecule has 70 valence electrons. The van der Waals surface area contributed by atoms with Gasteiger partial charge < -0.3 is 4.74 Å². The second-order valence-electron chi connectivity index (χ2n) is 4.04. The fourth-order valence-corrected chi connectivity index (χ4v) is 1.97. The van der Waals surface area contributed by atoms with Crippen molar-refractivity contribution in [2.24, 2.45) is 5.92 Å². The monoisotopic (exact) mass is 186 g/mol. The van der Waals surface area contributed by atoms with Gasteiger partial charge >= 0.3 is 0 Å². The van der Waals surface area contributed by atoms with Crippen LogP contribution in [0, 0.1) is 5.92 Å². The molecule has 1 rings (SSSR count). The maximum atomic E-state index is 5.82. The number of rotatable bonds is 1. The zero-order chi connectivity index (χ0) is 9.52. The number of thiol groups is 1. The minimum atomic E-state index is -0.101. The zero-order valence-electron chi connectivity index (χ0n) is 8.51. The summed E-state index contributed by atoms with van der Waals surface area (Å²) in [5.41, 5.74) is 2.51. The highest BCUT2D eigenvalue weighted by atomic mass is 32.1. The smallest absolute Gasteiger partial charge is 0.122 e. The van der Waals surface area contributed by atoms with Crippen LogP contribution in [-0.4, -0.2) is 11.0 Å². The van der Waals surface area contributed by atoms with Gasteiger partial charge in [0.05, 0.1) is 5.60 Å². The van der Waals surface area contributed by atoms with Crippen molar-refractivity contribution in [3.63, 3.8) is 0 Å². The van der Waals surface area contributed by atoms with Gasteiger partial charge in [-0.2, -0.15) is 0 Å². The predicted molar refractivity (Wildman–Crippen MR) is 55.5 cm³/mol. The van der Waals surface area contributed by atoms with Crippen LogP contribution in [0.3, 0.4) is 0 Å². The topological polar surface area (TPSA) is 9.23 Å². The summed E-state index contributed by atoms with van der Waals surface area (Å²) in [6.07, 6.45) is 0. The highest BCUT2D eigenvalue weighted by Gasteiger charge is 2.40. The van der Waals surface area contributed by atoms with E-state index in [1.54, 1.807) is 0 Å². The Kier molecular flexibility index (Phi) is 2.60. The highest BCUT2D eigenvalue weighted by Crippen LogP contribution is 2.41. The average Bonchev–Trinajstić information content (AvgIpc) is 2.17. The molecule has 0 N–H and O–H groups in total. The number of ether oxygens (including phenoxy) is 1. The Balaban J connectivity index is 3.00. The van der Waals surface area contributed by atoms with E-state index >= 15 is 0 Å². The van der Waals surface area contributed by atoms with Crippen LogP contribution in [0.15, 0.2) is 11.1 Å². The van der Waals surface area contributed by atoms with Gasteiger partial charge in [0, 0.05) is 0 Å². The minimum absolute atomic E-state index is 0.00241. The van der Waals surface area contributed by atoms with E-state index in [1.165, 1.54) is 11.1 Å². The van der Waals surface area contributed by atoms with Gasteiger partial charge in [-0.05, 0) is 37.8 Å². The first kappa shape index (κ1) is 10.1. The SMILES string of the molecule is CC1=C(C)C(C)(C(C)C)OC1S. The van der Waals surface area contributed by atoms with Crippen LogP contribution in [0.4, 0.5) is 0 Å².